The maximum absolute atomic E-state index is 13.0. The van der Waals surface area contributed by atoms with Crippen LogP contribution in [0.4, 0.5) is 5.69 Å². The maximum atomic E-state index is 13.0. The van der Waals surface area contributed by atoms with Gasteiger partial charge in [0.2, 0.25) is 5.91 Å². The second-order valence-electron chi connectivity index (χ2n) is 7.53. The first kappa shape index (κ1) is 19.2. The highest BCUT2D eigenvalue weighted by Gasteiger charge is 2.29. The van der Waals surface area contributed by atoms with Crippen LogP contribution in [0, 0.1) is 0 Å². The molecular formula is C23H27N4O2+. The average Bonchev–Trinajstić information content (AvgIpc) is 2.79. The van der Waals surface area contributed by atoms with Gasteiger partial charge in [-0.25, -0.2) is 5.01 Å². The van der Waals surface area contributed by atoms with E-state index < -0.39 is 0 Å². The molecule has 2 aromatic carbocycles. The number of anilines is 1. The molecule has 2 aliphatic rings. The molecule has 2 N–H and O–H groups in total. The summed E-state index contributed by atoms with van der Waals surface area (Å²) in [6.07, 6.45) is 3.00. The van der Waals surface area contributed by atoms with Gasteiger partial charge in [-0.3, -0.25) is 15.0 Å². The highest BCUT2D eigenvalue weighted by Crippen LogP contribution is 2.18. The lowest BCUT2D eigenvalue weighted by Crippen LogP contribution is -3.15. The van der Waals surface area contributed by atoms with Crippen LogP contribution in [0.25, 0.3) is 0 Å². The van der Waals surface area contributed by atoms with E-state index >= 15 is 0 Å². The first-order valence-electron chi connectivity index (χ1n) is 10.2. The summed E-state index contributed by atoms with van der Waals surface area (Å²) in [5, 5.41) is 1.47. The minimum atomic E-state index is -0.0667. The van der Waals surface area contributed by atoms with Gasteiger partial charge in [-0.05, 0) is 23.8 Å². The van der Waals surface area contributed by atoms with Crippen LogP contribution in [-0.2, 0) is 16.0 Å². The minimum absolute atomic E-state index is 0.0273. The van der Waals surface area contributed by atoms with E-state index in [4.69, 9.17) is 0 Å². The second-order valence-corrected chi connectivity index (χ2v) is 7.53. The molecule has 150 valence electrons. The number of hydrogen-bond acceptors (Lipinski definition) is 3. The van der Waals surface area contributed by atoms with E-state index in [9.17, 15) is 9.59 Å². The van der Waals surface area contributed by atoms with Crippen molar-refractivity contribution in [3.63, 3.8) is 0 Å². The van der Waals surface area contributed by atoms with Gasteiger partial charge in [-0.1, -0.05) is 48.5 Å². The first-order valence-corrected chi connectivity index (χ1v) is 10.2. The molecule has 29 heavy (non-hydrogen) atoms. The molecule has 0 radical (unpaired) electrons. The lowest BCUT2D eigenvalue weighted by Gasteiger charge is -2.35. The van der Waals surface area contributed by atoms with Crippen LogP contribution in [0.15, 0.2) is 72.4 Å². The number of nitrogens with one attached hydrogen (secondary N) is 2. The molecule has 2 amide bonds. The Kier molecular flexibility index (Phi) is 5.91. The summed E-state index contributed by atoms with van der Waals surface area (Å²) in [4.78, 5) is 28.7. The van der Waals surface area contributed by atoms with Crippen molar-refractivity contribution in [2.75, 3.05) is 37.7 Å². The molecule has 1 fully saturated rings. The number of hydrogen-bond donors (Lipinski definition) is 2. The van der Waals surface area contributed by atoms with Gasteiger partial charge in [0.15, 0.2) is 0 Å². The van der Waals surface area contributed by atoms with Crippen molar-refractivity contribution >= 4 is 17.5 Å². The third kappa shape index (κ3) is 4.66. The molecule has 0 bridgehead atoms. The quantitative estimate of drug-likeness (QED) is 0.792. The molecule has 0 unspecified atom stereocenters. The Bertz CT molecular complexity index is 874. The summed E-state index contributed by atoms with van der Waals surface area (Å²) < 4.78 is 0. The number of amides is 2. The molecule has 2 aromatic rings. The normalized spacial score (nSPS) is 17.7. The first-order chi connectivity index (χ1) is 14.2. The maximum Gasteiger partial charge on any atom is 0.271 e. The summed E-state index contributed by atoms with van der Waals surface area (Å²) in [5.41, 5.74) is 5.61. The van der Waals surface area contributed by atoms with Crippen LogP contribution in [0.3, 0.4) is 0 Å². The Labute approximate surface area is 171 Å². The van der Waals surface area contributed by atoms with Crippen molar-refractivity contribution in [2.45, 2.75) is 12.8 Å². The zero-order valence-electron chi connectivity index (χ0n) is 16.5. The van der Waals surface area contributed by atoms with Crippen molar-refractivity contribution < 1.29 is 14.5 Å². The number of rotatable bonds is 5. The molecule has 2 heterocycles. The molecule has 4 rings (SSSR count). The van der Waals surface area contributed by atoms with E-state index in [2.05, 4.69) is 29.7 Å². The molecule has 1 saturated heterocycles. The summed E-state index contributed by atoms with van der Waals surface area (Å²) in [6, 6.07) is 19.9. The molecule has 6 heteroatoms. The van der Waals surface area contributed by atoms with Crippen LogP contribution in [0.5, 0.6) is 0 Å². The fourth-order valence-electron chi connectivity index (χ4n) is 3.84. The van der Waals surface area contributed by atoms with E-state index in [0.29, 0.717) is 5.70 Å². The fourth-order valence-corrected chi connectivity index (χ4v) is 3.84. The summed E-state index contributed by atoms with van der Waals surface area (Å²) in [5.74, 6) is -0.0940. The Hall–Kier alpha value is -3.12. The van der Waals surface area contributed by atoms with Crippen LogP contribution < -0.4 is 15.3 Å². The standard InChI is InChI=1S/C23H26N4O2/c28-22-12-11-21(24-27(22)20-9-5-2-6-10-20)23(29)26-17-15-25(16-18-26)14-13-19-7-3-1-4-8-19/h1-11,24H,12-18H2/p+1. The van der Waals surface area contributed by atoms with E-state index in [-0.39, 0.29) is 18.2 Å². The zero-order chi connectivity index (χ0) is 20.1. The Morgan fingerprint density at radius 3 is 2.31 bits per heavy atom. The van der Waals surface area contributed by atoms with Crippen molar-refractivity contribution in [2.24, 2.45) is 0 Å². The zero-order valence-corrected chi connectivity index (χ0v) is 16.5. The van der Waals surface area contributed by atoms with Gasteiger partial charge >= 0.3 is 0 Å². The molecule has 6 nitrogen and oxygen atoms in total. The van der Waals surface area contributed by atoms with E-state index in [0.717, 1.165) is 44.8 Å². The van der Waals surface area contributed by atoms with E-state index in [1.165, 1.54) is 15.5 Å². The van der Waals surface area contributed by atoms with Crippen molar-refractivity contribution in [1.82, 2.24) is 10.3 Å². The van der Waals surface area contributed by atoms with E-state index in [1.807, 2.05) is 41.3 Å². The predicted octanol–water partition coefficient (Wildman–Crippen LogP) is 0.782. The number of benzene rings is 2. The smallest absolute Gasteiger partial charge is 0.271 e. The third-order valence-electron chi connectivity index (χ3n) is 5.58. The molecule has 0 aliphatic carbocycles. The number of nitrogens with zero attached hydrogens (tertiary/aromatic N) is 2. The summed E-state index contributed by atoms with van der Waals surface area (Å²) in [7, 11) is 0. The predicted molar refractivity (Wildman–Crippen MR) is 112 cm³/mol. The Morgan fingerprint density at radius 1 is 0.966 bits per heavy atom. The Morgan fingerprint density at radius 2 is 1.62 bits per heavy atom. The molecule has 2 aliphatic heterocycles. The molecule has 0 atom stereocenters. The van der Waals surface area contributed by atoms with Gasteiger partial charge in [0.25, 0.3) is 5.91 Å². The van der Waals surface area contributed by atoms with Gasteiger partial charge < -0.3 is 9.80 Å². The third-order valence-corrected chi connectivity index (χ3v) is 5.58. The van der Waals surface area contributed by atoms with Gasteiger partial charge in [0.05, 0.1) is 38.4 Å². The highest BCUT2D eigenvalue weighted by atomic mass is 16.2. The average molecular weight is 391 g/mol. The number of carbonyl (C=O) groups is 2. The van der Waals surface area contributed by atoms with Gasteiger partial charge in [0, 0.05) is 12.8 Å². The highest BCUT2D eigenvalue weighted by molar-refractivity contribution is 6.01. The van der Waals surface area contributed by atoms with Gasteiger partial charge in [-0.2, -0.15) is 0 Å². The molecule has 0 aromatic heterocycles. The summed E-state index contributed by atoms with van der Waals surface area (Å²) >= 11 is 0. The largest absolute Gasteiger partial charge is 0.332 e. The number of piperazine rings is 1. The number of quaternary nitrogens is 1. The molecule has 0 spiro atoms. The number of para-hydroxylation sites is 1. The van der Waals surface area contributed by atoms with Crippen LogP contribution in [0.2, 0.25) is 0 Å². The molecular weight excluding hydrogens is 364 g/mol. The molecule has 0 saturated carbocycles. The topological polar surface area (TPSA) is 57.1 Å². The monoisotopic (exact) mass is 391 g/mol. The lowest BCUT2D eigenvalue weighted by atomic mass is 10.1. The SMILES string of the molecule is O=C(C1=CCC(=O)N(c2ccccc2)N1)N1CC[NH+](CCc2ccccc2)CC1. The van der Waals surface area contributed by atoms with Crippen molar-refractivity contribution in [1.29, 1.82) is 0 Å². The van der Waals surface area contributed by atoms with Crippen LogP contribution in [-0.4, -0.2) is 49.4 Å². The van der Waals surface area contributed by atoms with Crippen molar-refractivity contribution in [3.8, 4) is 0 Å². The summed E-state index contributed by atoms with van der Waals surface area (Å²) in [6.45, 7) is 4.46. The Balaban J connectivity index is 1.30. The lowest BCUT2D eigenvalue weighted by molar-refractivity contribution is -0.903. The van der Waals surface area contributed by atoms with Crippen molar-refractivity contribution in [3.05, 3.63) is 78.0 Å². The van der Waals surface area contributed by atoms with Crippen LogP contribution >= 0.6 is 0 Å². The fraction of sp³-hybridized carbons (Fsp3) is 0.304. The number of hydrazine groups is 1. The second kappa shape index (κ2) is 8.92. The van der Waals surface area contributed by atoms with Crippen LogP contribution in [0.1, 0.15) is 12.0 Å². The van der Waals surface area contributed by atoms with E-state index in [1.54, 1.807) is 6.08 Å². The van der Waals surface area contributed by atoms with Gasteiger partial charge in [-0.15, -0.1) is 0 Å². The number of carbonyl (C=O) groups excluding carboxylic acids is 2. The van der Waals surface area contributed by atoms with Gasteiger partial charge in [0.1, 0.15) is 5.70 Å². The minimum Gasteiger partial charge on any atom is -0.332 e.